The van der Waals surface area contributed by atoms with Crippen LogP contribution in [0.4, 0.5) is 0 Å². The Morgan fingerprint density at radius 2 is 0.828 bits per heavy atom. The monoisotopic (exact) mass is 484 g/mol. The Kier molecular flexibility index (Phi) is 12.8. The third kappa shape index (κ3) is 17.7. The maximum atomic E-state index is 2.47. The first-order valence-electron chi connectivity index (χ1n) is 11.5. The predicted molar refractivity (Wildman–Crippen MR) is 157 cm³/mol. The van der Waals surface area contributed by atoms with Crippen LogP contribution in [0.2, 0.25) is 110 Å². The van der Waals surface area contributed by atoms with Crippen LogP contribution in [-0.2, 0) is 0 Å². The number of hydrogen-bond acceptors (Lipinski definition) is 0. The molecule has 0 bridgehead atoms. The highest BCUT2D eigenvalue weighted by atomic mass is 29.3. The van der Waals surface area contributed by atoms with Crippen molar-refractivity contribution in [3.8, 4) is 0 Å². The molecule has 0 fully saturated rings. The molecule has 172 valence electrons. The summed E-state index contributed by atoms with van der Waals surface area (Å²) in [6, 6.07) is 11.8. The summed E-state index contributed by atoms with van der Waals surface area (Å²) < 4.78 is 0. The summed E-state index contributed by atoms with van der Waals surface area (Å²) in [4.78, 5) is 0. The molecule has 0 nitrogen and oxygen atoms in total. The molecule has 0 aliphatic rings. The van der Waals surface area contributed by atoms with Crippen molar-refractivity contribution < 1.29 is 0 Å². The van der Waals surface area contributed by atoms with Crippen molar-refractivity contribution in [2.75, 3.05) is 0 Å². The van der Waals surface area contributed by atoms with Gasteiger partial charge in [0.05, 0.1) is 8.07 Å². The van der Waals surface area contributed by atoms with Gasteiger partial charge in [0, 0.05) is 31.3 Å². The van der Waals surface area contributed by atoms with E-state index in [1.165, 1.54) is 17.7 Å². The highest BCUT2D eigenvalue weighted by Crippen LogP contribution is 2.19. The Morgan fingerprint density at radius 1 is 0.517 bits per heavy atom. The van der Waals surface area contributed by atoms with Crippen LogP contribution >= 0.6 is 0 Å². The smallest absolute Gasteiger partial charge is 0.0715 e. The standard InChI is InChI=1S/C10H16Si.C8H22Si2.C6H18Si2/c1-9-7-5-6-8-10(9)11(2,3)4;1-9(2,3)7-8-10(4,5)6;1-7(2,3)8(4,5)6/h5-8H,1-4H3;7-8H2,1-6H3;1-6H3. The summed E-state index contributed by atoms with van der Waals surface area (Å²) in [6.07, 6.45) is 0. The van der Waals surface area contributed by atoms with Gasteiger partial charge in [0.2, 0.25) is 0 Å². The van der Waals surface area contributed by atoms with Crippen molar-refractivity contribution in [1.29, 1.82) is 0 Å². The Hall–Kier alpha value is 0.304. The molecule has 0 aliphatic heterocycles. The van der Waals surface area contributed by atoms with Crippen LogP contribution in [0.3, 0.4) is 0 Å². The first kappa shape index (κ1) is 31.5. The van der Waals surface area contributed by atoms with Gasteiger partial charge in [0.15, 0.2) is 0 Å². The van der Waals surface area contributed by atoms with Crippen LogP contribution in [0.25, 0.3) is 0 Å². The van der Waals surface area contributed by atoms with Crippen LogP contribution in [0, 0.1) is 6.92 Å². The van der Waals surface area contributed by atoms with Gasteiger partial charge in [0.1, 0.15) is 0 Å². The third-order valence-corrected chi connectivity index (χ3v) is 30.0. The molecule has 0 saturated carbocycles. The molecule has 0 saturated heterocycles. The Bertz CT molecular complexity index is 547. The second-order valence-electron chi connectivity index (χ2n) is 14.2. The van der Waals surface area contributed by atoms with Crippen LogP contribution in [0.15, 0.2) is 24.3 Å². The molecule has 0 amide bonds. The maximum Gasteiger partial charge on any atom is 0.0779 e. The summed E-state index contributed by atoms with van der Waals surface area (Å²) in [7, 11) is -3.98. The summed E-state index contributed by atoms with van der Waals surface area (Å²) >= 11 is 0. The summed E-state index contributed by atoms with van der Waals surface area (Å²) in [5.74, 6) is 0. The molecule has 1 rings (SSSR count). The summed E-state index contributed by atoms with van der Waals surface area (Å²) in [6.45, 7) is 39.0. The van der Waals surface area contributed by atoms with Crippen LogP contribution < -0.4 is 5.19 Å². The summed E-state index contributed by atoms with van der Waals surface area (Å²) in [5, 5.41) is 1.58. The van der Waals surface area contributed by atoms with E-state index in [1.807, 2.05) is 0 Å². The molecular formula is C24H56Si5. The third-order valence-electron chi connectivity index (χ3n) is 5.83. The quantitative estimate of drug-likeness (QED) is 0.366. The fourth-order valence-corrected chi connectivity index (χ4v) is 10.0. The molecule has 0 unspecified atom stereocenters. The van der Waals surface area contributed by atoms with Crippen molar-refractivity contribution in [3.63, 3.8) is 0 Å². The second kappa shape index (κ2) is 11.8. The van der Waals surface area contributed by atoms with Crippen molar-refractivity contribution in [2.24, 2.45) is 0 Å². The van der Waals surface area contributed by atoms with E-state index in [9.17, 15) is 0 Å². The molecule has 0 aromatic heterocycles. The highest BCUT2D eigenvalue weighted by molar-refractivity contribution is 7.39. The number of benzene rings is 1. The zero-order valence-corrected chi connectivity index (χ0v) is 28.2. The zero-order valence-electron chi connectivity index (χ0n) is 23.2. The minimum absolute atomic E-state index is 0.720. The molecule has 0 heterocycles. The van der Waals surface area contributed by atoms with Gasteiger partial charge in [-0.05, 0) is 6.92 Å². The largest absolute Gasteiger partial charge is 0.0779 e. The lowest BCUT2D eigenvalue weighted by atomic mass is 10.2. The molecule has 0 N–H and O–H groups in total. The molecule has 0 aliphatic carbocycles. The second-order valence-corrected chi connectivity index (χ2v) is 48.5. The van der Waals surface area contributed by atoms with E-state index in [-0.39, 0.29) is 0 Å². The first-order chi connectivity index (χ1) is 12.5. The van der Waals surface area contributed by atoms with E-state index in [0.717, 1.165) is 0 Å². The average Bonchev–Trinajstić information content (AvgIpc) is 2.42. The minimum atomic E-state index is -1.08. The normalized spacial score (nSPS) is 13.1. The SMILES string of the molecule is C[Si](C)(C)CC[Si](C)(C)C.C[Si](C)(C)[Si](C)(C)C.Cc1ccccc1[Si](C)(C)C. The number of rotatable bonds is 5. The number of hydrogen-bond donors (Lipinski definition) is 0. The van der Waals surface area contributed by atoms with Gasteiger partial charge in [-0.2, -0.15) is 0 Å². The van der Waals surface area contributed by atoms with E-state index >= 15 is 0 Å². The van der Waals surface area contributed by atoms with Gasteiger partial charge in [0.25, 0.3) is 0 Å². The average molecular weight is 485 g/mol. The van der Waals surface area contributed by atoms with Gasteiger partial charge < -0.3 is 0 Å². The summed E-state index contributed by atoms with van der Waals surface area (Å²) in [5.41, 5.74) is 1.45. The van der Waals surface area contributed by atoms with Crippen molar-refractivity contribution >= 4 is 44.6 Å². The van der Waals surface area contributed by atoms with E-state index < -0.39 is 39.4 Å². The fraction of sp³-hybridized carbons (Fsp3) is 0.750. The van der Waals surface area contributed by atoms with Crippen molar-refractivity contribution in [2.45, 2.75) is 117 Å². The Balaban J connectivity index is 0. The van der Waals surface area contributed by atoms with Gasteiger partial charge >= 0.3 is 0 Å². The van der Waals surface area contributed by atoms with Crippen LogP contribution in [-0.4, -0.2) is 39.4 Å². The van der Waals surface area contributed by atoms with E-state index in [1.54, 1.807) is 5.19 Å². The molecule has 5 heteroatoms. The molecular weight excluding hydrogens is 429 g/mol. The van der Waals surface area contributed by atoms with E-state index in [4.69, 9.17) is 0 Å². The fourth-order valence-electron chi connectivity index (χ4n) is 2.16. The zero-order chi connectivity index (χ0) is 23.9. The van der Waals surface area contributed by atoms with E-state index in [0.29, 0.717) is 0 Å². The minimum Gasteiger partial charge on any atom is -0.0715 e. The predicted octanol–water partition coefficient (Wildman–Crippen LogP) is 8.94. The number of aryl methyl sites for hydroxylation is 1. The molecule has 0 radical (unpaired) electrons. The maximum absolute atomic E-state index is 2.47. The molecule has 1 aromatic rings. The van der Waals surface area contributed by atoms with E-state index in [2.05, 4.69) is 129 Å². The molecule has 1 aromatic carbocycles. The first-order valence-corrected chi connectivity index (χ1v) is 30.4. The van der Waals surface area contributed by atoms with Crippen LogP contribution in [0.5, 0.6) is 0 Å². The van der Waals surface area contributed by atoms with Gasteiger partial charge in [-0.25, -0.2) is 0 Å². The lowest BCUT2D eigenvalue weighted by Crippen LogP contribution is -2.49. The van der Waals surface area contributed by atoms with Crippen molar-refractivity contribution in [1.82, 2.24) is 0 Å². The molecule has 0 spiro atoms. The van der Waals surface area contributed by atoms with Crippen molar-refractivity contribution in [3.05, 3.63) is 29.8 Å². The molecule has 0 atom stereocenters. The topological polar surface area (TPSA) is 0 Å². The lowest BCUT2D eigenvalue weighted by molar-refractivity contribution is 1.27. The Morgan fingerprint density at radius 3 is 1.00 bits per heavy atom. The van der Waals surface area contributed by atoms with Gasteiger partial charge in [-0.1, -0.05) is 145 Å². The highest BCUT2D eigenvalue weighted by Gasteiger charge is 2.31. The van der Waals surface area contributed by atoms with Gasteiger partial charge in [-0.15, -0.1) is 0 Å². The van der Waals surface area contributed by atoms with Crippen LogP contribution in [0.1, 0.15) is 5.56 Å². The van der Waals surface area contributed by atoms with Gasteiger partial charge in [-0.3, -0.25) is 0 Å². The molecule has 29 heavy (non-hydrogen) atoms. The lowest BCUT2D eigenvalue weighted by Gasteiger charge is -2.30. The Labute approximate surface area is 191 Å².